The zero-order valence-electron chi connectivity index (χ0n) is 14.6. The van der Waals surface area contributed by atoms with E-state index >= 15 is 0 Å². The van der Waals surface area contributed by atoms with Crippen molar-refractivity contribution in [3.8, 4) is 33.0 Å². The number of nitrogens with zero attached hydrogens (tertiary/aromatic N) is 3. The summed E-state index contributed by atoms with van der Waals surface area (Å²) in [6.07, 6.45) is 4.73. The minimum absolute atomic E-state index is 0.921. The first-order valence-electron chi connectivity index (χ1n) is 8.83. The molecule has 0 atom stereocenters. The average molecular weight is 369 g/mol. The maximum absolute atomic E-state index is 4.63. The smallest absolute Gasteiger partial charge is 0.0963 e. The summed E-state index contributed by atoms with van der Waals surface area (Å²) in [5.74, 6) is 0. The lowest BCUT2D eigenvalue weighted by molar-refractivity contribution is 1.10. The van der Waals surface area contributed by atoms with Crippen molar-refractivity contribution in [2.24, 2.45) is 0 Å². The largest absolute Gasteiger partial charge is 0.278 e. The Morgan fingerprint density at radius 1 is 1.00 bits per heavy atom. The van der Waals surface area contributed by atoms with Crippen molar-refractivity contribution in [1.82, 2.24) is 25.4 Å². The Morgan fingerprint density at radius 2 is 1.93 bits per heavy atom. The average Bonchev–Trinajstić information content (AvgIpc) is 3.42. The molecule has 0 fully saturated rings. The van der Waals surface area contributed by atoms with Crippen LogP contribution in [0.15, 0.2) is 48.8 Å². The van der Waals surface area contributed by atoms with Gasteiger partial charge < -0.3 is 0 Å². The van der Waals surface area contributed by atoms with E-state index in [2.05, 4.69) is 61.8 Å². The van der Waals surface area contributed by atoms with Crippen LogP contribution in [0.1, 0.15) is 16.1 Å². The summed E-state index contributed by atoms with van der Waals surface area (Å²) in [5, 5.41) is 16.1. The van der Waals surface area contributed by atoms with Gasteiger partial charge in [-0.2, -0.15) is 10.2 Å². The third kappa shape index (κ3) is 2.20. The number of aryl methyl sites for hydroxylation is 1. The van der Waals surface area contributed by atoms with E-state index in [-0.39, 0.29) is 0 Å². The summed E-state index contributed by atoms with van der Waals surface area (Å²) in [5.41, 5.74) is 9.12. The molecule has 0 unspecified atom stereocenters. The first-order valence-corrected chi connectivity index (χ1v) is 9.65. The van der Waals surface area contributed by atoms with Crippen LogP contribution in [0.2, 0.25) is 0 Å². The molecule has 1 aromatic carbocycles. The maximum Gasteiger partial charge on any atom is 0.0963 e. The van der Waals surface area contributed by atoms with Gasteiger partial charge in [-0.15, -0.1) is 11.3 Å². The third-order valence-electron chi connectivity index (χ3n) is 5.19. The van der Waals surface area contributed by atoms with Crippen LogP contribution in [0.5, 0.6) is 0 Å². The Hall–Kier alpha value is -3.25. The molecule has 0 spiro atoms. The van der Waals surface area contributed by atoms with Gasteiger partial charge in [-0.1, -0.05) is 12.1 Å². The highest BCUT2D eigenvalue weighted by molar-refractivity contribution is 7.16. The Balaban J connectivity index is 1.42. The molecule has 130 valence electrons. The van der Waals surface area contributed by atoms with Crippen LogP contribution < -0.4 is 0 Å². The van der Waals surface area contributed by atoms with Gasteiger partial charge in [0, 0.05) is 55.7 Å². The van der Waals surface area contributed by atoms with Gasteiger partial charge in [0.15, 0.2) is 0 Å². The Morgan fingerprint density at radius 3 is 2.81 bits per heavy atom. The first-order chi connectivity index (χ1) is 13.3. The quantitative estimate of drug-likeness (QED) is 0.453. The number of hydrogen-bond acceptors (Lipinski definition) is 4. The lowest BCUT2D eigenvalue weighted by Crippen LogP contribution is -1.85. The molecule has 0 aliphatic heterocycles. The SMILES string of the molecule is Cc1ccc(-c2cc3c(s2)Cc2c(-c4ccc5[nH]ncc5c4)n[nH]c2-3)cn1. The standard InChI is InChI=1S/C21H15N5S/c1-11-2-3-13(9-22-11)18-7-15-19(27-18)8-16-20(25-26-21(15)16)12-4-5-17-14(6-12)10-23-24-17/h2-7,9-10H,8H2,1H3,(H,23,24)(H,25,26). The molecule has 1 aliphatic rings. The minimum Gasteiger partial charge on any atom is -0.278 e. The van der Waals surface area contributed by atoms with Gasteiger partial charge in [0.05, 0.1) is 23.1 Å². The van der Waals surface area contributed by atoms with E-state index in [1.807, 2.05) is 30.7 Å². The summed E-state index contributed by atoms with van der Waals surface area (Å²) in [7, 11) is 0. The third-order valence-corrected chi connectivity index (χ3v) is 6.38. The number of aromatic nitrogens is 5. The van der Waals surface area contributed by atoms with E-state index in [9.17, 15) is 0 Å². The number of aromatic amines is 2. The van der Waals surface area contributed by atoms with Crippen molar-refractivity contribution in [2.75, 3.05) is 0 Å². The van der Waals surface area contributed by atoms with Crippen LogP contribution in [-0.2, 0) is 6.42 Å². The molecule has 5 aromatic rings. The highest BCUT2D eigenvalue weighted by Crippen LogP contribution is 2.46. The lowest BCUT2D eigenvalue weighted by atomic mass is 10.0. The minimum atomic E-state index is 0.921. The van der Waals surface area contributed by atoms with Crippen LogP contribution >= 0.6 is 11.3 Å². The van der Waals surface area contributed by atoms with Gasteiger partial charge in [0.1, 0.15) is 0 Å². The van der Waals surface area contributed by atoms with E-state index in [0.717, 1.165) is 40.0 Å². The van der Waals surface area contributed by atoms with Crippen LogP contribution in [0.4, 0.5) is 0 Å². The van der Waals surface area contributed by atoms with E-state index in [1.54, 1.807) is 0 Å². The summed E-state index contributed by atoms with van der Waals surface area (Å²) in [4.78, 5) is 7.07. The molecule has 4 heterocycles. The molecule has 6 heteroatoms. The predicted molar refractivity (Wildman–Crippen MR) is 108 cm³/mol. The van der Waals surface area contributed by atoms with Gasteiger partial charge in [-0.3, -0.25) is 15.2 Å². The lowest BCUT2D eigenvalue weighted by Gasteiger charge is -2.01. The van der Waals surface area contributed by atoms with Crippen LogP contribution in [0.25, 0.3) is 43.9 Å². The van der Waals surface area contributed by atoms with Crippen molar-refractivity contribution >= 4 is 22.2 Å². The fourth-order valence-electron chi connectivity index (χ4n) is 3.78. The molecular formula is C21H15N5S. The maximum atomic E-state index is 4.63. The van der Waals surface area contributed by atoms with E-state index in [4.69, 9.17) is 0 Å². The molecule has 1 aliphatic carbocycles. The molecule has 5 nitrogen and oxygen atoms in total. The van der Waals surface area contributed by atoms with Gasteiger partial charge >= 0.3 is 0 Å². The normalized spacial score (nSPS) is 12.5. The molecule has 4 aromatic heterocycles. The van der Waals surface area contributed by atoms with Crippen LogP contribution in [-0.4, -0.2) is 25.4 Å². The molecule has 0 saturated carbocycles. The second-order valence-corrected chi connectivity index (χ2v) is 8.05. The Labute approximate surface area is 159 Å². The zero-order chi connectivity index (χ0) is 18.0. The van der Waals surface area contributed by atoms with Gasteiger partial charge in [0.25, 0.3) is 0 Å². The molecule has 2 N–H and O–H groups in total. The summed E-state index contributed by atoms with van der Waals surface area (Å²) in [6.45, 7) is 2.01. The van der Waals surface area contributed by atoms with Crippen LogP contribution in [0.3, 0.4) is 0 Å². The molecule has 0 radical (unpaired) electrons. The molecule has 27 heavy (non-hydrogen) atoms. The Bertz CT molecular complexity index is 1310. The number of rotatable bonds is 2. The summed E-state index contributed by atoms with van der Waals surface area (Å²) in [6, 6.07) is 12.8. The molecule has 0 saturated heterocycles. The van der Waals surface area contributed by atoms with E-state index in [0.29, 0.717) is 0 Å². The second-order valence-electron chi connectivity index (χ2n) is 6.91. The van der Waals surface area contributed by atoms with E-state index in [1.165, 1.54) is 26.4 Å². The van der Waals surface area contributed by atoms with Gasteiger partial charge in [-0.25, -0.2) is 0 Å². The summed E-state index contributed by atoms with van der Waals surface area (Å²) >= 11 is 1.85. The Kier molecular flexibility index (Phi) is 2.96. The predicted octanol–water partition coefficient (Wildman–Crippen LogP) is 4.96. The van der Waals surface area contributed by atoms with Crippen molar-refractivity contribution in [1.29, 1.82) is 0 Å². The van der Waals surface area contributed by atoms with Crippen molar-refractivity contribution in [2.45, 2.75) is 13.3 Å². The number of H-pyrrole nitrogens is 2. The van der Waals surface area contributed by atoms with Crippen molar-refractivity contribution in [3.05, 3.63) is 64.9 Å². The fraction of sp³-hybridized carbons (Fsp3) is 0.0952. The molecule has 0 bridgehead atoms. The van der Waals surface area contributed by atoms with Gasteiger partial charge in [-0.05, 0) is 31.2 Å². The van der Waals surface area contributed by atoms with Gasteiger partial charge in [0.2, 0.25) is 0 Å². The number of thiophene rings is 1. The zero-order valence-corrected chi connectivity index (χ0v) is 15.4. The highest BCUT2D eigenvalue weighted by atomic mass is 32.1. The van der Waals surface area contributed by atoms with E-state index < -0.39 is 0 Å². The first kappa shape index (κ1) is 14.9. The molecular weight excluding hydrogens is 354 g/mol. The topological polar surface area (TPSA) is 70.2 Å². The fourth-order valence-corrected chi connectivity index (χ4v) is 4.95. The number of pyridine rings is 1. The van der Waals surface area contributed by atoms with Crippen molar-refractivity contribution in [3.63, 3.8) is 0 Å². The van der Waals surface area contributed by atoms with Crippen LogP contribution in [0, 0.1) is 6.92 Å². The molecule has 0 amide bonds. The monoisotopic (exact) mass is 369 g/mol. The number of nitrogens with one attached hydrogen (secondary N) is 2. The summed E-state index contributed by atoms with van der Waals surface area (Å²) < 4.78 is 0. The highest BCUT2D eigenvalue weighted by Gasteiger charge is 2.27. The number of hydrogen-bond donors (Lipinski definition) is 2. The number of benzene rings is 1. The second kappa shape index (κ2) is 5.37. The molecule has 6 rings (SSSR count). The van der Waals surface area contributed by atoms with Crippen molar-refractivity contribution < 1.29 is 0 Å². The number of fused-ring (bicyclic) bond motifs is 4.